The predicted molar refractivity (Wildman–Crippen MR) is 78.3 cm³/mol. The molecular formula is C15H16N4O2. The van der Waals surface area contributed by atoms with Crippen LogP contribution in [0.3, 0.4) is 0 Å². The van der Waals surface area contributed by atoms with Crippen LogP contribution in [0.5, 0.6) is 0 Å². The standard InChI is InChI=1S/C15H16N4O2/c16-13(15(20)18-9-11-5-6-19-21-11)7-10-8-17-14-4-2-1-3-12(10)14/h1-6,8,13,17H,7,9,16H2,(H,18,20). The summed E-state index contributed by atoms with van der Waals surface area (Å²) in [5.41, 5.74) is 8.05. The molecule has 108 valence electrons. The number of aromatic amines is 1. The smallest absolute Gasteiger partial charge is 0.237 e. The van der Waals surface area contributed by atoms with E-state index in [2.05, 4.69) is 15.5 Å². The first-order valence-corrected chi connectivity index (χ1v) is 6.72. The highest BCUT2D eigenvalue weighted by molar-refractivity contribution is 5.86. The first kappa shape index (κ1) is 13.4. The Kier molecular flexibility index (Phi) is 3.70. The minimum Gasteiger partial charge on any atom is -0.361 e. The number of aromatic nitrogens is 2. The van der Waals surface area contributed by atoms with Gasteiger partial charge in [-0.15, -0.1) is 0 Å². The van der Waals surface area contributed by atoms with Gasteiger partial charge in [-0.25, -0.2) is 0 Å². The van der Waals surface area contributed by atoms with Gasteiger partial charge in [0.15, 0.2) is 5.76 Å². The van der Waals surface area contributed by atoms with Crippen molar-refractivity contribution in [3.05, 3.63) is 54.0 Å². The van der Waals surface area contributed by atoms with Gasteiger partial charge < -0.3 is 20.6 Å². The lowest BCUT2D eigenvalue weighted by atomic mass is 10.1. The number of nitrogens with zero attached hydrogens (tertiary/aromatic N) is 1. The van der Waals surface area contributed by atoms with Crippen LogP contribution in [0.4, 0.5) is 0 Å². The monoisotopic (exact) mass is 284 g/mol. The number of fused-ring (bicyclic) bond motifs is 1. The molecule has 1 unspecified atom stereocenters. The number of H-pyrrole nitrogens is 1. The van der Waals surface area contributed by atoms with Crippen molar-refractivity contribution in [2.24, 2.45) is 5.73 Å². The highest BCUT2D eigenvalue weighted by Gasteiger charge is 2.16. The second-order valence-electron chi connectivity index (χ2n) is 4.87. The summed E-state index contributed by atoms with van der Waals surface area (Å²) in [6.07, 6.45) is 3.91. The van der Waals surface area contributed by atoms with E-state index in [-0.39, 0.29) is 5.91 Å². The van der Waals surface area contributed by atoms with Crippen molar-refractivity contribution in [3.63, 3.8) is 0 Å². The van der Waals surface area contributed by atoms with Crippen LogP contribution in [0.1, 0.15) is 11.3 Å². The molecule has 0 fully saturated rings. The van der Waals surface area contributed by atoms with E-state index in [0.29, 0.717) is 18.7 Å². The normalized spacial score (nSPS) is 12.4. The van der Waals surface area contributed by atoms with Crippen LogP contribution in [-0.4, -0.2) is 22.1 Å². The molecule has 6 nitrogen and oxygen atoms in total. The Morgan fingerprint density at radius 2 is 2.24 bits per heavy atom. The van der Waals surface area contributed by atoms with Gasteiger partial charge in [0.1, 0.15) is 0 Å². The van der Waals surface area contributed by atoms with Crippen molar-refractivity contribution in [2.75, 3.05) is 0 Å². The second kappa shape index (κ2) is 5.80. The Morgan fingerprint density at radius 1 is 1.38 bits per heavy atom. The zero-order valence-electron chi connectivity index (χ0n) is 11.4. The van der Waals surface area contributed by atoms with Crippen molar-refractivity contribution in [1.29, 1.82) is 0 Å². The zero-order valence-corrected chi connectivity index (χ0v) is 11.4. The van der Waals surface area contributed by atoms with Crippen LogP contribution in [0.2, 0.25) is 0 Å². The van der Waals surface area contributed by atoms with Gasteiger partial charge in [-0.1, -0.05) is 23.4 Å². The lowest BCUT2D eigenvalue weighted by Gasteiger charge is -2.10. The van der Waals surface area contributed by atoms with E-state index in [9.17, 15) is 4.79 Å². The minimum absolute atomic E-state index is 0.211. The van der Waals surface area contributed by atoms with Crippen molar-refractivity contribution in [1.82, 2.24) is 15.5 Å². The van der Waals surface area contributed by atoms with Crippen LogP contribution < -0.4 is 11.1 Å². The number of para-hydroxylation sites is 1. The summed E-state index contributed by atoms with van der Waals surface area (Å²) in [5, 5.41) is 7.41. The molecule has 0 saturated carbocycles. The Labute approximate surface area is 121 Å². The first-order chi connectivity index (χ1) is 10.2. The molecule has 0 aliphatic heterocycles. The molecule has 1 amide bonds. The molecular weight excluding hydrogens is 268 g/mol. The minimum atomic E-state index is -0.605. The summed E-state index contributed by atoms with van der Waals surface area (Å²) in [7, 11) is 0. The summed E-state index contributed by atoms with van der Waals surface area (Å²) in [6.45, 7) is 0.292. The maximum absolute atomic E-state index is 12.0. The fourth-order valence-electron chi connectivity index (χ4n) is 2.27. The third kappa shape index (κ3) is 2.95. The third-order valence-corrected chi connectivity index (χ3v) is 3.38. The molecule has 0 aliphatic carbocycles. The molecule has 1 aromatic carbocycles. The van der Waals surface area contributed by atoms with Gasteiger partial charge in [0, 0.05) is 23.2 Å². The molecule has 6 heteroatoms. The highest BCUT2D eigenvalue weighted by Crippen LogP contribution is 2.18. The number of nitrogens with one attached hydrogen (secondary N) is 2. The molecule has 21 heavy (non-hydrogen) atoms. The molecule has 2 aromatic heterocycles. The van der Waals surface area contributed by atoms with E-state index >= 15 is 0 Å². The summed E-state index contributed by atoms with van der Waals surface area (Å²) < 4.78 is 4.92. The number of rotatable bonds is 5. The van der Waals surface area contributed by atoms with E-state index in [0.717, 1.165) is 16.5 Å². The summed E-state index contributed by atoms with van der Waals surface area (Å²) in [4.78, 5) is 15.2. The molecule has 4 N–H and O–H groups in total. The van der Waals surface area contributed by atoms with Crippen LogP contribution in [0.15, 0.2) is 47.2 Å². The maximum Gasteiger partial charge on any atom is 0.237 e. The number of carbonyl (C=O) groups excluding carboxylic acids is 1. The molecule has 3 aromatic rings. The van der Waals surface area contributed by atoms with Crippen molar-refractivity contribution < 1.29 is 9.32 Å². The molecule has 1 atom stereocenters. The van der Waals surface area contributed by atoms with Gasteiger partial charge >= 0.3 is 0 Å². The molecule has 0 radical (unpaired) electrons. The molecule has 0 bridgehead atoms. The topological polar surface area (TPSA) is 96.9 Å². The number of nitrogens with two attached hydrogens (primary N) is 1. The number of hydrogen-bond donors (Lipinski definition) is 3. The maximum atomic E-state index is 12.0. The average molecular weight is 284 g/mol. The number of carbonyl (C=O) groups is 1. The van der Waals surface area contributed by atoms with E-state index in [4.69, 9.17) is 10.3 Å². The fraction of sp³-hybridized carbons (Fsp3) is 0.200. The predicted octanol–water partition coefficient (Wildman–Crippen LogP) is 1.34. The van der Waals surface area contributed by atoms with Crippen LogP contribution >= 0.6 is 0 Å². The van der Waals surface area contributed by atoms with E-state index < -0.39 is 6.04 Å². The van der Waals surface area contributed by atoms with Gasteiger partial charge in [-0.05, 0) is 18.1 Å². The number of benzene rings is 1. The summed E-state index contributed by atoms with van der Waals surface area (Å²) in [6, 6.07) is 9.04. The van der Waals surface area contributed by atoms with E-state index in [1.54, 1.807) is 6.07 Å². The summed E-state index contributed by atoms with van der Waals surface area (Å²) in [5.74, 6) is 0.388. The van der Waals surface area contributed by atoms with Gasteiger partial charge in [0.25, 0.3) is 0 Å². The number of hydrogen-bond acceptors (Lipinski definition) is 4. The molecule has 0 saturated heterocycles. The first-order valence-electron chi connectivity index (χ1n) is 6.72. The third-order valence-electron chi connectivity index (χ3n) is 3.38. The van der Waals surface area contributed by atoms with Gasteiger partial charge in [0.2, 0.25) is 5.91 Å². The second-order valence-corrected chi connectivity index (χ2v) is 4.87. The largest absolute Gasteiger partial charge is 0.361 e. The Balaban J connectivity index is 1.62. The quantitative estimate of drug-likeness (QED) is 0.658. The SMILES string of the molecule is NC(Cc1c[nH]c2ccccc12)C(=O)NCc1ccno1. The lowest BCUT2D eigenvalue weighted by molar-refractivity contribution is -0.122. The Morgan fingerprint density at radius 3 is 3.05 bits per heavy atom. The van der Waals surface area contributed by atoms with Gasteiger partial charge in [-0.2, -0.15) is 0 Å². The Bertz CT molecular complexity index is 733. The average Bonchev–Trinajstić information content (AvgIpc) is 3.15. The highest BCUT2D eigenvalue weighted by atomic mass is 16.5. The van der Waals surface area contributed by atoms with Crippen LogP contribution in [0, 0.1) is 0 Å². The van der Waals surface area contributed by atoms with Crippen LogP contribution in [-0.2, 0) is 17.8 Å². The van der Waals surface area contributed by atoms with E-state index in [1.807, 2.05) is 30.5 Å². The van der Waals surface area contributed by atoms with Crippen LogP contribution in [0.25, 0.3) is 10.9 Å². The van der Waals surface area contributed by atoms with Gasteiger partial charge in [-0.3, -0.25) is 4.79 Å². The Hall–Kier alpha value is -2.60. The van der Waals surface area contributed by atoms with Gasteiger partial charge in [0.05, 0.1) is 18.8 Å². The van der Waals surface area contributed by atoms with Crippen molar-refractivity contribution in [2.45, 2.75) is 19.0 Å². The van der Waals surface area contributed by atoms with Crippen molar-refractivity contribution in [3.8, 4) is 0 Å². The van der Waals surface area contributed by atoms with Crippen molar-refractivity contribution >= 4 is 16.8 Å². The molecule has 0 spiro atoms. The zero-order chi connectivity index (χ0) is 14.7. The molecule has 0 aliphatic rings. The molecule has 3 rings (SSSR count). The van der Waals surface area contributed by atoms with E-state index in [1.165, 1.54) is 6.20 Å². The number of amides is 1. The summed E-state index contributed by atoms with van der Waals surface area (Å²) >= 11 is 0. The molecule has 2 heterocycles. The fourth-order valence-corrected chi connectivity index (χ4v) is 2.27. The lowest BCUT2D eigenvalue weighted by Crippen LogP contribution is -2.41.